The summed E-state index contributed by atoms with van der Waals surface area (Å²) in [5, 5.41) is 0. The summed E-state index contributed by atoms with van der Waals surface area (Å²) >= 11 is 0. The van der Waals surface area contributed by atoms with E-state index in [0.717, 1.165) is 5.56 Å². The van der Waals surface area contributed by atoms with Crippen LogP contribution in [0.2, 0.25) is 0 Å². The number of benzene rings is 1. The van der Waals surface area contributed by atoms with Crippen LogP contribution in [0.25, 0.3) is 0 Å². The Bertz CT molecular complexity index is 824. The van der Waals surface area contributed by atoms with Crippen molar-refractivity contribution in [2.45, 2.75) is 18.2 Å². The van der Waals surface area contributed by atoms with Gasteiger partial charge in [0.05, 0.1) is 14.2 Å². The third-order valence-corrected chi connectivity index (χ3v) is 4.23. The first-order valence-electron chi connectivity index (χ1n) is 8.18. The van der Waals surface area contributed by atoms with E-state index in [0.29, 0.717) is 5.56 Å². The van der Waals surface area contributed by atoms with Crippen LogP contribution in [-0.4, -0.2) is 15.0 Å². The van der Waals surface area contributed by atoms with Gasteiger partial charge in [-0.1, -0.05) is 17.7 Å². The van der Waals surface area contributed by atoms with E-state index >= 15 is 0 Å². The van der Waals surface area contributed by atoms with Gasteiger partial charge in [0, 0.05) is 0 Å². The minimum atomic E-state index is -4.11. The van der Waals surface area contributed by atoms with Crippen LogP contribution < -0.4 is 0 Å². The van der Waals surface area contributed by atoms with E-state index in [2.05, 4.69) is 0 Å². The van der Waals surface area contributed by atoms with Crippen LogP contribution in [0.3, 0.4) is 0 Å². The zero-order valence-electron chi connectivity index (χ0n) is 15.2. The number of hydrogen-bond acceptors (Lipinski definition) is 3. The van der Waals surface area contributed by atoms with Crippen molar-refractivity contribution in [3.8, 4) is 0 Å². The second kappa shape index (κ2) is 10.3. The number of rotatable bonds is 5. The van der Waals surface area contributed by atoms with E-state index in [9.17, 15) is 8.42 Å². The Balaban J connectivity index is 0.000000486. The third-order valence-electron chi connectivity index (χ3n) is 3.04. The van der Waals surface area contributed by atoms with Crippen LogP contribution in [0.1, 0.15) is 13.9 Å². The van der Waals surface area contributed by atoms with Gasteiger partial charge >= 0.3 is 17.1 Å². The van der Waals surface area contributed by atoms with Gasteiger partial charge in [-0.2, -0.15) is 44.3 Å². The molecule has 3 nitrogen and oxygen atoms in total. The van der Waals surface area contributed by atoms with E-state index in [1.165, 1.54) is 12.1 Å². The molecule has 0 fully saturated rings. The van der Waals surface area contributed by atoms with Crippen LogP contribution in [0, 0.1) is 6.92 Å². The van der Waals surface area contributed by atoms with Crippen molar-refractivity contribution in [1.29, 1.82) is 0 Å². The molecule has 0 radical (unpaired) electrons. The fraction of sp³-hybridized carbons (Fsp3) is 0.158. The van der Waals surface area contributed by atoms with Crippen LogP contribution in [0.5, 0.6) is 0 Å². The maximum absolute atomic E-state index is 12.0. The first kappa shape index (κ1) is 17.2. The fourth-order valence-electron chi connectivity index (χ4n) is 1.80. The largest absolute Gasteiger partial charge is 2.00 e. The molecule has 0 unspecified atom stereocenters. The topological polar surface area (TPSA) is 43.4 Å². The van der Waals surface area contributed by atoms with E-state index in [1.807, 2.05) is 37.3 Å². The minimum Gasteiger partial charge on any atom is -0.267 e. The van der Waals surface area contributed by atoms with Crippen molar-refractivity contribution < 1.29 is 32.4 Å². The molecule has 3 rings (SSSR count). The number of hydrogen-bond donors (Lipinski definition) is 0. The summed E-state index contributed by atoms with van der Waals surface area (Å²) in [6.07, 6.45) is -0.120. The predicted molar refractivity (Wildman–Crippen MR) is 92.1 cm³/mol. The summed E-state index contributed by atoms with van der Waals surface area (Å²) in [5.74, 6) is 0. The third kappa shape index (κ3) is 6.85. The minimum absolute atomic E-state index is 0. The molecule has 0 aliphatic carbocycles. The second-order valence-corrected chi connectivity index (χ2v) is 6.47. The van der Waals surface area contributed by atoms with Gasteiger partial charge in [-0.05, 0) is 25.5 Å². The summed E-state index contributed by atoms with van der Waals surface area (Å²) < 4.78 is 44.2. The maximum atomic E-state index is 12.0. The van der Waals surface area contributed by atoms with Gasteiger partial charge in [-0.25, -0.2) is 24.3 Å². The average molecular weight is 386 g/mol. The van der Waals surface area contributed by atoms with Crippen molar-refractivity contribution in [2.75, 3.05) is 6.56 Å². The van der Waals surface area contributed by atoms with E-state index in [-0.39, 0.29) is 28.4 Å². The molecule has 0 spiro atoms. The molecule has 0 atom stereocenters. The second-order valence-electron chi connectivity index (χ2n) is 4.93. The summed E-state index contributed by atoms with van der Waals surface area (Å²) in [6.45, 7) is -0.440. The van der Waals surface area contributed by atoms with Crippen LogP contribution in [0.15, 0.2) is 83.8 Å². The fourth-order valence-corrected chi connectivity index (χ4v) is 2.58. The Hall–Kier alpha value is -1.65. The number of aryl methyl sites for hydroxylation is 2. The van der Waals surface area contributed by atoms with Crippen molar-refractivity contribution >= 4 is 10.1 Å². The van der Waals surface area contributed by atoms with Crippen LogP contribution >= 0.6 is 0 Å². The molecule has 0 N–H and O–H groups in total. The van der Waals surface area contributed by atoms with E-state index < -0.39 is 16.7 Å². The molecule has 0 heterocycles. The average Bonchev–Trinajstić information content (AvgIpc) is 3.21. The quantitative estimate of drug-likeness (QED) is 0.377. The summed E-state index contributed by atoms with van der Waals surface area (Å²) in [5.41, 5.74) is 1.61. The Morgan fingerprint density at radius 1 is 1.08 bits per heavy atom. The summed E-state index contributed by atoms with van der Waals surface area (Å²) in [4.78, 5) is -0.0468. The Morgan fingerprint density at radius 2 is 1.67 bits per heavy atom. The molecule has 0 aliphatic heterocycles. The molecule has 0 saturated carbocycles. The standard InChI is InChI=1S/C14H15O3S.C5H5.Fe/c1-12-6-8-14(9-7-12)18(15,16)17-11-10-13-4-2-3-5-13;1-2-4-5-3-1;/h2-9H,10-11H2,1H3;1-5H;/q2*-1;+2/i11D2;;. The molecule has 0 saturated heterocycles. The SMILES string of the molecule is [2H]C([2H])(C[c-]1cccc1)OS(=O)(=O)c1ccc(C)cc1.[Fe+2].c1cc[cH-]c1. The normalized spacial score (nSPS) is 12.2. The smallest absolute Gasteiger partial charge is 0.267 e. The molecule has 5 heteroatoms. The van der Waals surface area contributed by atoms with Crippen LogP contribution in [0.4, 0.5) is 0 Å². The molecule has 0 bridgehead atoms. The summed E-state index contributed by atoms with van der Waals surface area (Å²) in [6, 6.07) is 23.1. The molecule has 0 aromatic heterocycles. The van der Waals surface area contributed by atoms with Crippen molar-refractivity contribution in [2.24, 2.45) is 0 Å². The molecule has 24 heavy (non-hydrogen) atoms. The van der Waals surface area contributed by atoms with Crippen LogP contribution in [-0.2, 0) is 37.8 Å². The zero-order valence-corrected chi connectivity index (χ0v) is 15.1. The van der Waals surface area contributed by atoms with Gasteiger partial charge in [0.2, 0.25) is 0 Å². The Kier molecular flexibility index (Phi) is 7.35. The van der Waals surface area contributed by atoms with Crippen molar-refractivity contribution in [1.82, 2.24) is 0 Å². The van der Waals surface area contributed by atoms with Gasteiger partial charge in [0.1, 0.15) is 0 Å². The summed E-state index contributed by atoms with van der Waals surface area (Å²) in [7, 11) is -4.11. The molecule has 0 aliphatic rings. The first-order valence-corrected chi connectivity index (χ1v) is 8.59. The van der Waals surface area contributed by atoms with Gasteiger partial charge in [-0.15, -0.1) is 0 Å². The first-order chi connectivity index (χ1) is 11.8. The maximum Gasteiger partial charge on any atom is 2.00 e. The monoisotopic (exact) mass is 386 g/mol. The van der Waals surface area contributed by atoms with Gasteiger partial charge < -0.3 is 0 Å². The molecular weight excluding hydrogens is 364 g/mol. The van der Waals surface area contributed by atoms with E-state index in [1.54, 1.807) is 36.4 Å². The molecule has 3 aromatic rings. The Labute approximate surface area is 157 Å². The van der Waals surface area contributed by atoms with Crippen molar-refractivity contribution in [3.05, 3.63) is 90.0 Å². The van der Waals surface area contributed by atoms with Crippen molar-refractivity contribution in [3.63, 3.8) is 0 Å². The van der Waals surface area contributed by atoms with Gasteiger partial charge in [0.15, 0.2) is 0 Å². The zero-order chi connectivity index (χ0) is 18.3. The van der Waals surface area contributed by atoms with Gasteiger partial charge in [-0.3, -0.25) is 4.18 Å². The Morgan fingerprint density at radius 3 is 2.17 bits per heavy atom. The van der Waals surface area contributed by atoms with E-state index in [4.69, 9.17) is 6.92 Å². The molecule has 128 valence electrons. The molecular formula is C19H20FeO3S. The van der Waals surface area contributed by atoms with Gasteiger partial charge in [0.25, 0.3) is 10.1 Å². The molecule has 0 amide bonds. The molecule has 3 aromatic carbocycles. The predicted octanol–water partition coefficient (Wildman–Crippen LogP) is 4.06.